The van der Waals surface area contributed by atoms with Gasteiger partial charge in [-0.1, -0.05) is 0 Å². The fourth-order valence-electron chi connectivity index (χ4n) is 0.136. The average molecular weight is 97.1 g/mol. The maximum Gasteiger partial charge on any atom is 0.104 e. The van der Waals surface area contributed by atoms with Gasteiger partial charge in [-0.3, -0.25) is 0 Å². The summed E-state index contributed by atoms with van der Waals surface area (Å²) in [5.41, 5.74) is 0. The molecule has 0 heterocycles. The lowest BCUT2D eigenvalue weighted by Gasteiger charge is -2.00. The molecule has 0 amide bonds. The van der Waals surface area contributed by atoms with Crippen LogP contribution in [0.1, 0.15) is 13.8 Å². The van der Waals surface area contributed by atoms with Crippen LogP contribution < -0.4 is 0 Å². The highest BCUT2D eigenvalue weighted by atomic mass is 16.3. The second-order valence-corrected chi connectivity index (χ2v) is 1.66. The van der Waals surface area contributed by atoms with E-state index in [9.17, 15) is 5.11 Å². The van der Waals surface area contributed by atoms with E-state index in [1.54, 1.807) is 13.8 Å². The largest absolute Gasteiger partial charge is 0.232 e. The van der Waals surface area contributed by atoms with Crippen LogP contribution >= 0.6 is 0 Å². The molecule has 0 aromatic carbocycles. The quantitative estimate of drug-likeness (QED) is 0.436. The van der Waals surface area contributed by atoms with Crippen LogP contribution in [0.2, 0.25) is 0 Å². The smallest absolute Gasteiger partial charge is 0.104 e. The summed E-state index contributed by atoms with van der Waals surface area (Å²) >= 11 is 0. The van der Waals surface area contributed by atoms with E-state index in [1.807, 2.05) is 0 Å². The fourth-order valence-corrected chi connectivity index (χ4v) is 0.136. The van der Waals surface area contributed by atoms with Gasteiger partial charge >= 0.3 is 0 Å². The van der Waals surface area contributed by atoms with Crippen molar-refractivity contribution in [2.45, 2.75) is 20.0 Å². The minimum absolute atomic E-state index is 0.125. The summed E-state index contributed by atoms with van der Waals surface area (Å²) in [6.07, 6.45) is 4.30. The highest BCUT2D eigenvalue weighted by Crippen LogP contribution is 1.97. The van der Waals surface area contributed by atoms with Gasteiger partial charge in [-0.15, -0.1) is 12.3 Å². The van der Waals surface area contributed by atoms with E-state index in [-0.39, 0.29) is 5.92 Å². The zero-order chi connectivity index (χ0) is 5.86. The molecule has 0 rings (SSSR count). The standard InChI is InChI=1S/C6H9O/c1-4-5(2)6(3)7/h1,5-6H,2-3H3. The van der Waals surface area contributed by atoms with Gasteiger partial charge in [0.15, 0.2) is 0 Å². The molecule has 1 radical (unpaired) electrons. The van der Waals surface area contributed by atoms with Crippen molar-refractivity contribution in [2.75, 3.05) is 0 Å². The van der Waals surface area contributed by atoms with Crippen LogP contribution in [-0.4, -0.2) is 6.10 Å². The van der Waals surface area contributed by atoms with E-state index in [0.29, 0.717) is 0 Å². The summed E-state index contributed by atoms with van der Waals surface area (Å²) in [7, 11) is 0. The number of terminal acetylenes is 1. The van der Waals surface area contributed by atoms with E-state index in [4.69, 9.17) is 6.42 Å². The van der Waals surface area contributed by atoms with Gasteiger partial charge in [0, 0.05) is 5.92 Å². The predicted molar refractivity (Wildman–Crippen MR) is 28.1 cm³/mol. The molecule has 7 heavy (non-hydrogen) atoms. The highest BCUT2D eigenvalue weighted by Gasteiger charge is 2.03. The first-order valence-corrected chi connectivity index (χ1v) is 2.30. The summed E-state index contributed by atoms with van der Waals surface area (Å²) in [6.45, 7) is 3.32. The molecule has 0 bridgehead atoms. The third kappa shape index (κ3) is 2.24. The molecule has 0 fully saturated rings. The van der Waals surface area contributed by atoms with Gasteiger partial charge in [-0.05, 0) is 13.8 Å². The molecule has 0 N–H and O–H groups in total. The summed E-state index contributed by atoms with van der Waals surface area (Å²) in [5.74, 6) is 2.23. The Morgan fingerprint density at radius 3 is 2.00 bits per heavy atom. The van der Waals surface area contributed by atoms with Crippen molar-refractivity contribution in [3.8, 4) is 12.3 Å². The van der Waals surface area contributed by atoms with Crippen molar-refractivity contribution in [3.05, 3.63) is 0 Å². The van der Waals surface area contributed by atoms with Crippen molar-refractivity contribution in [1.82, 2.24) is 0 Å². The monoisotopic (exact) mass is 97.1 g/mol. The number of rotatable bonds is 1. The Labute approximate surface area is 44.4 Å². The summed E-state index contributed by atoms with van der Waals surface area (Å²) in [4.78, 5) is 0. The molecule has 0 aromatic rings. The lowest BCUT2D eigenvalue weighted by atomic mass is 10.1. The maximum absolute atomic E-state index is 10.3. The van der Waals surface area contributed by atoms with E-state index in [0.717, 1.165) is 0 Å². The fraction of sp³-hybridized carbons (Fsp3) is 0.667. The molecule has 0 aliphatic heterocycles. The molecular weight excluding hydrogens is 88.1 g/mol. The molecule has 0 aliphatic rings. The third-order valence-electron chi connectivity index (χ3n) is 0.967. The van der Waals surface area contributed by atoms with Crippen LogP contribution in [0.4, 0.5) is 0 Å². The molecule has 0 aliphatic carbocycles. The molecule has 0 saturated heterocycles. The lowest BCUT2D eigenvalue weighted by molar-refractivity contribution is 0.0787. The van der Waals surface area contributed by atoms with Crippen LogP contribution in [0, 0.1) is 18.3 Å². The van der Waals surface area contributed by atoms with Crippen LogP contribution in [0.25, 0.3) is 0 Å². The van der Waals surface area contributed by atoms with Gasteiger partial charge < -0.3 is 0 Å². The third-order valence-corrected chi connectivity index (χ3v) is 0.967. The van der Waals surface area contributed by atoms with Crippen LogP contribution in [0.3, 0.4) is 0 Å². The molecule has 2 atom stereocenters. The molecule has 0 aromatic heterocycles. The Balaban J connectivity index is 3.40. The van der Waals surface area contributed by atoms with Crippen LogP contribution in [0.5, 0.6) is 0 Å². The summed E-state index contributed by atoms with van der Waals surface area (Å²) < 4.78 is 0. The van der Waals surface area contributed by atoms with E-state index in [1.165, 1.54) is 0 Å². The van der Waals surface area contributed by atoms with Gasteiger partial charge in [-0.25, -0.2) is 5.11 Å². The van der Waals surface area contributed by atoms with Crippen molar-refractivity contribution in [3.63, 3.8) is 0 Å². The lowest BCUT2D eigenvalue weighted by Crippen LogP contribution is -2.07. The predicted octanol–water partition coefficient (Wildman–Crippen LogP) is 1.07. The van der Waals surface area contributed by atoms with Gasteiger partial charge in [0.1, 0.15) is 6.10 Å². The summed E-state index contributed by atoms with van der Waals surface area (Å²) in [6, 6.07) is 0. The van der Waals surface area contributed by atoms with Gasteiger partial charge in [0.25, 0.3) is 0 Å². The Morgan fingerprint density at radius 2 is 2.00 bits per heavy atom. The molecule has 1 heteroatoms. The maximum atomic E-state index is 10.3. The van der Waals surface area contributed by atoms with Crippen LogP contribution in [-0.2, 0) is 5.11 Å². The van der Waals surface area contributed by atoms with Crippen molar-refractivity contribution < 1.29 is 5.11 Å². The molecule has 0 spiro atoms. The van der Waals surface area contributed by atoms with Crippen molar-refractivity contribution in [2.24, 2.45) is 5.92 Å². The topological polar surface area (TPSA) is 19.9 Å². The minimum Gasteiger partial charge on any atom is -0.232 e. The Bertz CT molecular complexity index is 78.7. The van der Waals surface area contributed by atoms with E-state index >= 15 is 0 Å². The first-order chi connectivity index (χ1) is 3.18. The van der Waals surface area contributed by atoms with Gasteiger partial charge in [0.05, 0.1) is 0 Å². The minimum atomic E-state index is -0.620. The first-order valence-electron chi connectivity index (χ1n) is 2.30. The Hall–Kier alpha value is -0.480. The van der Waals surface area contributed by atoms with Gasteiger partial charge in [-0.2, -0.15) is 0 Å². The van der Waals surface area contributed by atoms with E-state index in [2.05, 4.69) is 5.92 Å². The van der Waals surface area contributed by atoms with E-state index < -0.39 is 6.10 Å². The number of hydrogen-bond donors (Lipinski definition) is 0. The second-order valence-electron chi connectivity index (χ2n) is 1.66. The molecule has 39 valence electrons. The normalized spacial score (nSPS) is 17.4. The zero-order valence-corrected chi connectivity index (χ0v) is 4.64. The van der Waals surface area contributed by atoms with Crippen molar-refractivity contribution >= 4 is 0 Å². The highest BCUT2D eigenvalue weighted by molar-refractivity contribution is 4.92. The number of hydrogen-bond acceptors (Lipinski definition) is 0. The zero-order valence-electron chi connectivity index (χ0n) is 4.64. The summed E-state index contributed by atoms with van der Waals surface area (Å²) in [5, 5.41) is 10.3. The molecular formula is C6H9O. The molecule has 2 unspecified atom stereocenters. The molecule has 1 nitrogen and oxygen atoms in total. The second kappa shape index (κ2) is 2.65. The Morgan fingerprint density at radius 1 is 1.57 bits per heavy atom. The van der Waals surface area contributed by atoms with Gasteiger partial charge in [0.2, 0.25) is 0 Å². The SMILES string of the molecule is C#CC(C)C(C)[O]. The van der Waals surface area contributed by atoms with Crippen LogP contribution in [0.15, 0.2) is 0 Å². The molecule has 0 saturated carbocycles. The first kappa shape index (κ1) is 6.52. The Kier molecular flexibility index (Phi) is 2.47. The average Bonchev–Trinajstić information content (AvgIpc) is 1.65. The van der Waals surface area contributed by atoms with Crippen molar-refractivity contribution in [1.29, 1.82) is 0 Å².